The van der Waals surface area contributed by atoms with E-state index in [1.54, 1.807) is 43.3 Å². The quantitative estimate of drug-likeness (QED) is 0.711. The van der Waals surface area contributed by atoms with Gasteiger partial charge in [-0.1, -0.05) is 46.3 Å². The molecule has 2 aromatic rings. The molecule has 6 nitrogen and oxygen atoms in total. The van der Waals surface area contributed by atoms with Crippen LogP contribution < -0.4 is 10.6 Å². The minimum atomic E-state index is -1.26. The molecule has 1 unspecified atom stereocenters. The number of amides is 4. The summed E-state index contributed by atoms with van der Waals surface area (Å²) in [5.41, 5.74) is 0.0617. The van der Waals surface area contributed by atoms with Gasteiger partial charge in [0, 0.05) is 16.6 Å². The van der Waals surface area contributed by atoms with Gasteiger partial charge in [-0.25, -0.2) is 9.18 Å². The van der Waals surface area contributed by atoms with Gasteiger partial charge in [-0.05, 0) is 30.7 Å². The van der Waals surface area contributed by atoms with Crippen molar-refractivity contribution in [2.45, 2.75) is 19.0 Å². The summed E-state index contributed by atoms with van der Waals surface area (Å²) in [5, 5.41) is 5.28. The standard InChI is InChI=1S/C19H17BrFN3O3/c1-19(14-4-2-3-5-15(14)20)17(26)24(18(27)23-19)11-16(25)22-10-12-6-8-13(21)9-7-12/h2-9H,10-11H2,1H3,(H,22,25)(H,23,27). The lowest BCUT2D eigenvalue weighted by molar-refractivity contribution is -0.134. The molecule has 27 heavy (non-hydrogen) atoms. The molecule has 0 radical (unpaired) electrons. The van der Waals surface area contributed by atoms with Gasteiger partial charge >= 0.3 is 6.03 Å². The Morgan fingerprint density at radius 3 is 2.52 bits per heavy atom. The summed E-state index contributed by atoms with van der Waals surface area (Å²) in [4.78, 5) is 38.2. The number of urea groups is 1. The molecule has 1 heterocycles. The first-order valence-corrected chi connectivity index (χ1v) is 9.01. The summed E-state index contributed by atoms with van der Waals surface area (Å²) in [7, 11) is 0. The van der Waals surface area contributed by atoms with Crippen LogP contribution in [0.1, 0.15) is 18.1 Å². The first-order valence-electron chi connectivity index (χ1n) is 8.21. The number of carbonyl (C=O) groups excluding carboxylic acids is 3. The van der Waals surface area contributed by atoms with Crippen molar-refractivity contribution in [3.05, 3.63) is 69.9 Å². The Labute approximate surface area is 163 Å². The summed E-state index contributed by atoms with van der Waals surface area (Å²) in [6.45, 7) is 1.37. The smallest absolute Gasteiger partial charge is 0.325 e. The first kappa shape index (κ1) is 19.0. The van der Waals surface area contributed by atoms with Crippen LogP contribution in [0.3, 0.4) is 0 Å². The molecule has 1 aliphatic heterocycles. The monoisotopic (exact) mass is 433 g/mol. The van der Waals surface area contributed by atoms with Crippen molar-refractivity contribution in [1.82, 2.24) is 15.5 Å². The van der Waals surface area contributed by atoms with E-state index in [-0.39, 0.29) is 12.4 Å². The van der Waals surface area contributed by atoms with Crippen LogP contribution in [0, 0.1) is 5.82 Å². The van der Waals surface area contributed by atoms with Gasteiger partial charge < -0.3 is 10.6 Å². The largest absolute Gasteiger partial charge is 0.350 e. The Morgan fingerprint density at radius 2 is 1.85 bits per heavy atom. The second kappa shape index (κ2) is 7.48. The Balaban J connectivity index is 1.67. The number of nitrogens with one attached hydrogen (secondary N) is 2. The highest BCUT2D eigenvalue weighted by atomic mass is 79.9. The molecule has 4 amide bonds. The Bertz CT molecular complexity index is 903. The van der Waals surface area contributed by atoms with Gasteiger partial charge in [-0.3, -0.25) is 14.5 Å². The molecule has 140 valence electrons. The molecule has 2 aromatic carbocycles. The third-order valence-corrected chi connectivity index (χ3v) is 5.08. The molecule has 1 atom stereocenters. The molecule has 0 spiro atoms. The van der Waals surface area contributed by atoms with Crippen molar-refractivity contribution in [2.75, 3.05) is 6.54 Å². The van der Waals surface area contributed by atoms with Gasteiger partial charge in [0.25, 0.3) is 5.91 Å². The number of hydrogen-bond donors (Lipinski definition) is 2. The number of nitrogens with zero attached hydrogens (tertiary/aromatic N) is 1. The van der Waals surface area contributed by atoms with Gasteiger partial charge in [0.05, 0.1) is 0 Å². The average molecular weight is 434 g/mol. The van der Waals surface area contributed by atoms with Crippen molar-refractivity contribution in [3.8, 4) is 0 Å². The van der Waals surface area contributed by atoms with E-state index in [0.29, 0.717) is 15.6 Å². The van der Waals surface area contributed by atoms with E-state index in [4.69, 9.17) is 0 Å². The SMILES string of the molecule is CC1(c2ccccc2Br)NC(=O)N(CC(=O)NCc2ccc(F)cc2)C1=O. The highest BCUT2D eigenvalue weighted by Crippen LogP contribution is 2.33. The number of imide groups is 1. The van der Waals surface area contributed by atoms with Crippen LogP contribution in [0.4, 0.5) is 9.18 Å². The Morgan fingerprint density at radius 1 is 1.19 bits per heavy atom. The molecule has 0 aromatic heterocycles. The minimum absolute atomic E-state index is 0.171. The summed E-state index contributed by atoms with van der Waals surface area (Å²) in [5.74, 6) is -1.36. The molecule has 2 N–H and O–H groups in total. The maximum atomic E-state index is 12.9. The molecule has 0 saturated carbocycles. The Kier molecular flexibility index (Phi) is 5.27. The number of benzene rings is 2. The zero-order chi connectivity index (χ0) is 19.6. The van der Waals surface area contributed by atoms with E-state index in [1.807, 2.05) is 0 Å². The van der Waals surface area contributed by atoms with Crippen LogP contribution in [0.25, 0.3) is 0 Å². The van der Waals surface area contributed by atoms with Gasteiger partial charge in [0.1, 0.15) is 17.9 Å². The van der Waals surface area contributed by atoms with Crippen molar-refractivity contribution in [2.24, 2.45) is 0 Å². The van der Waals surface area contributed by atoms with Crippen LogP contribution in [-0.4, -0.2) is 29.3 Å². The van der Waals surface area contributed by atoms with Crippen molar-refractivity contribution < 1.29 is 18.8 Å². The van der Waals surface area contributed by atoms with Crippen LogP contribution >= 0.6 is 15.9 Å². The first-order chi connectivity index (χ1) is 12.8. The number of carbonyl (C=O) groups is 3. The van der Waals surface area contributed by atoms with Crippen LogP contribution in [0.15, 0.2) is 53.0 Å². The summed E-state index contributed by atoms with van der Waals surface area (Å²) in [6, 6.07) is 12.1. The molecular weight excluding hydrogens is 417 g/mol. The molecule has 3 rings (SSSR count). The van der Waals surface area contributed by atoms with Crippen LogP contribution in [-0.2, 0) is 21.7 Å². The van der Waals surface area contributed by atoms with Crippen LogP contribution in [0.2, 0.25) is 0 Å². The predicted molar refractivity (Wildman–Crippen MR) is 100.0 cm³/mol. The van der Waals surface area contributed by atoms with Crippen molar-refractivity contribution in [3.63, 3.8) is 0 Å². The molecule has 0 bridgehead atoms. The molecule has 8 heteroatoms. The van der Waals surface area contributed by atoms with E-state index in [2.05, 4.69) is 26.6 Å². The average Bonchev–Trinajstić information content (AvgIpc) is 2.85. The number of hydrogen-bond acceptors (Lipinski definition) is 3. The molecule has 1 aliphatic rings. The van der Waals surface area contributed by atoms with Gasteiger partial charge in [-0.15, -0.1) is 0 Å². The van der Waals surface area contributed by atoms with E-state index < -0.39 is 29.9 Å². The third kappa shape index (κ3) is 3.85. The van der Waals surface area contributed by atoms with E-state index in [0.717, 1.165) is 4.90 Å². The second-order valence-electron chi connectivity index (χ2n) is 6.33. The second-order valence-corrected chi connectivity index (χ2v) is 7.18. The highest BCUT2D eigenvalue weighted by Gasteiger charge is 2.50. The zero-order valence-electron chi connectivity index (χ0n) is 14.5. The molecule has 0 aliphatic carbocycles. The fourth-order valence-electron chi connectivity index (χ4n) is 2.89. The third-order valence-electron chi connectivity index (χ3n) is 4.39. The van der Waals surface area contributed by atoms with E-state index in [1.165, 1.54) is 12.1 Å². The maximum Gasteiger partial charge on any atom is 0.325 e. The molecule has 1 saturated heterocycles. The summed E-state index contributed by atoms with van der Waals surface area (Å²) in [6.07, 6.45) is 0. The molecular formula is C19H17BrFN3O3. The van der Waals surface area contributed by atoms with Crippen LogP contribution in [0.5, 0.6) is 0 Å². The fraction of sp³-hybridized carbons (Fsp3) is 0.211. The maximum absolute atomic E-state index is 12.9. The normalized spacial score (nSPS) is 19.1. The topological polar surface area (TPSA) is 78.5 Å². The van der Waals surface area contributed by atoms with Gasteiger partial charge in [0.15, 0.2) is 0 Å². The minimum Gasteiger partial charge on any atom is -0.350 e. The highest BCUT2D eigenvalue weighted by molar-refractivity contribution is 9.10. The van der Waals surface area contributed by atoms with Crippen molar-refractivity contribution >= 4 is 33.8 Å². The lowest BCUT2D eigenvalue weighted by atomic mass is 9.92. The zero-order valence-corrected chi connectivity index (χ0v) is 16.0. The number of rotatable bonds is 5. The lowest BCUT2D eigenvalue weighted by Gasteiger charge is -2.23. The van der Waals surface area contributed by atoms with E-state index >= 15 is 0 Å². The lowest BCUT2D eigenvalue weighted by Crippen LogP contribution is -2.43. The Hall–Kier alpha value is -2.74. The van der Waals surface area contributed by atoms with Crippen molar-refractivity contribution in [1.29, 1.82) is 0 Å². The summed E-state index contributed by atoms with van der Waals surface area (Å²) < 4.78 is 13.6. The molecule has 1 fully saturated rings. The fourth-order valence-corrected chi connectivity index (χ4v) is 3.57. The van der Waals surface area contributed by atoms with E-state index in [9.17, 15) is 18.8 Å². The predicted octanol–water partition coefficient (Wildman–Crippen LogP) is 2.67. The van der Waals surface area contributed by atoms with Gasteiger partial charge in [-0.2, -0.15) is 0 Å². The summed E-state index contributed by atoms with van der Waals surface area (Å²) >= 11 is 3.39. The van der Waals surface area contributed by atoms with Gasteiger partial charge in [0.2, 0.25) is 5.91 Å². The number of halogens is 2.